The van der Waals surface area contributed by atoms with Crippen molar-refractivity contribution in [1.29, 1.82) is 5.26 Å². The predicted molar refractivity (Wildman–Crippen MR) is 50.7 cm³/mol. The van der Waals surface area contributed by atoms with Crippen molar-refractivity contribution < 1.29 is 4.39 Å². The Labute approximate surface area is 82.4 Å². The normalized spacial score (nSPS) is 12.1. The lowest BCUT2D eigenvalue weighted by Crippen LogP contribution is -2.10. The molecule has 0 fully saturated rings. The van der Waals surface area contributed by atoms with E-state index in [0.29, 0.717) is 5.56 Å². The van der Waals surface area contributed by atoms with E-state index in [0.717, 1.165) is 12.8 Å². The minimum absolute atomic E-state index is 0.183. The van der Waals surface area contributed by atoms with E-state index in [4.69, 9.17) is 11.0 Å². The van der Waals surface area contributed by atoms with Crippen LogP contribution in [0.15, 0.2) is 12.3 Å². The maximum Gasteiger partial charge on any atom is 0.176 e. The van der Waals surface area contributed by atoms with Gasteiger partial charge in [0, 0.05) is 12.2 Å². The van der Waals surface area contributed by atoms with Crippen molar-refractivity contribution in [3.63, 3.8) is 0 Å². The average Bonchev–Trinajstić information content (AvgIpc) is 2.18. The minimum Gasteiger partial charge on any atom is -0.324 e. The quantitative estimate of drug-likeness (QED) is 0.797. The summed E-state index contributed by atoms with van der Waals surface area (Å²) in [5, 5.41) is 8.47. The van der Waals surface area contributed by atoms with Crippen LogP contribution in [0.3, 0.4) is 0 Å². The lowest BCUT2D eigenvalue weighted by Gasteiger charge is -2.09. The van der Waals surface area contributed by atoms with Crippen molar-refractivity contribution in [2.24, 2.45) is 5.73 Å². The van der Waals surface area contributed by atoms with Crippen molar-refractivity contribution in [3.05, 3.63) is 29.3 Å². The highest BCUT2D eigenvalue weighted by atomic mass is 19.1. The number of halogens is 1. The van der Waals surface area contributed by atoms with Gasteiger partial charge in [-0.1, -0.05) is 13.3 Å². The standard InChI is InChI=1S/C10H12FN3/c1-2-3-9(13)7-4-8(11)10(5-12)14-6-7/h4,6,9H,2-3,13H2,1H3/t9-/m1/s1. The van der Waals surface area contributed by atoms with E-state index in [2.05, 4.69) is 4.98 Å². The zero-order valence-corrected chi connectivity index (χ0v) is 8.00. The molecule has 0 aliphatic rings. The Hall–Kier alpha value is -1.47. The van der Waals surface area contributed by atoms with Gasteiger partial charge in [0.05, 0.1) is 0 Å². The number of hydrogen-bond donors (Lipinski definition) is 1. The average molecular weight is 193 g/mol. The molecule has 1 aromatic heterocycles. The number of hydrogen-bond acceptors (Lipinski definition) is 3. The van der Waals surface area contributed by atoms with Crippen LogP contribution in [-0.2, 0) is 0 Å². The summed E-state index contributed by atoms with van der Waals surface area (Å²) in [6.07, 6.45) is 3.18. The van der Waals surface area contributed by atoms with Crippen LogP contribution in [0.5, 0.6) is 0 Å². The first kappa shape index (κ1) is 10.6. The zero-order chi connectivity index (χ0) is 10.6. The van der Waals surface area contributed by atoms with Crippen molar-refractivity contribution in [2.75, 3.05) is 0 Å². The SMILES string of the molecule is CCC[C@@H](N)c1cnc(C#N)c(F)c1. The van der Waals surface area contributed by atoms with Crippen LogP contribution < -0.4 is 5.73 Å². The van der Waals surface area contributed by atoms with Gasteiger partial charge in [0.15, 0.2) is 11.5 Å². The van der Waals surface area contributed by atoms with Gasteiger partial charge in [0.2, 0.25) is 0 Å². The molecule has 1 heterocycles. The minimum atomic E-state index is -0.600. The van der Waals surface area contributed by atoms with Crippen molar-refractivity contribution in [2.45, 2.75) is 25.8 Å². The van der Waals surface area contributed by atoms with E-state index >= 15 is 0 Å². The van der Waals surface area contributed by atoms with Crippen molar-refractivity contribution >= 4 is 0 Å². The summed E-state index contributed by atoms with van der Waals surface area (Å²) in [4.78, 5) is 3.68. The molecular formula is C10H12FN3. The first-order valence-corrected chi connectivity index (χ1v) is 4.50. The number of rotatable bonds is 3. The van der Waals surface area contributed by atoms with Gasteiger partial charge in [0.1, 0.15) is 6.07 Å². The molecule has 0 saturated carbocycles. The van der Waals surface area contributed by atoms with Gasteiger partial charge in [-0.15, -0.1) is 0 Å². The van der Waals surface area contributed by atoms with Crippen LogP contribution in [0.4, 0.5) is 4.39 Å². The molecular weight excluding hydrogens is 181 g/mol. The third-order valence-electron chi connectivity index (χ3n) is 2.00. The van der Waals surface area contributed by atoms with Gasteiger partial charge in [-0.25, -0.2) is 9.37 Å². The lowest BCUT2D eigenvalue weighted by atomic mass is 10.1. The summed E-state index contributed by atoms with van der Waals surface area (Å²) in [5.74, 6) is -0.600. The fraction of sp³-hybridized carbons (Fsp3) is 0.400. The van der Waals surface area contributed by atoms with E-state index in [1.807, 2.05) is 6.92 Å². The monoisotopic (exact) mass is 193 g/mol. The first-order chi connectivity index (χ1) is 6.69. The Kier molecular flexibility index (Phi) is 3.55. The summed E-state index contributed by atoms with van der Waals surface area (Å²) in [6.45, 7) is 2.01. The molecule has 1 rings (SSSR count). The van der Waals surface area contributed by atoms with Gasteiger partial charge in [-0.2, -0.15) is 5.26 Å². The second-order valence-electron chi connectivity index (χ2n) is 3.11. The predicted octanol–water partition coefficient (Wildman–Crippen LogP) is 1.89. The van der Waals surface area contributed by atoms with E-state index in [9.17, 15) is 4.39 Å². The Morgan fingerprint density at radius 1 is 1.71 bits per heavy atom. The molecule has 0 aromatic carbocycles. The van der Waals surface area contributed by atoms with Gasteiger partial charge in [-0.3, -0.25) is 0 Å². The highest BCUT2D eigenvalue weighted by molar-refractivity contribution is 5.26. The molecule has 3 nitrogen and oxygen atoms in total. The molecule has 0 bridgehead atoms. The maximum absolute atomic E-state index is 13.1. The van der Waals surface area contributed by atoms with Gasteiger partial charge in [-0.05, 0) is 18.1 Å². The fourth-order valence-corrected chi connectivity index (χ4v) is 1.22. The van der Waals surface area contributed by atoms with Crippen LogP contribution in [0, 0.1) is 17.1 Å². The molecule has 14 heavy (non-hydrogen) atoms. The zero-order valence-electron chi connectivity index (χ0n) is 8.00. The Balaban J connectivity index is 2.92. The van der Waals surface area contributed by atoms with Crippen LogP contribution in [0.1, 0.15) is 37.1 Å². The summed E-state index contributed by atoms with van der Waals surface area (Å²) in [6, 6.07) is 2.75. The highest BCUT2D eigenvalue weighted by Gasteiger charge is 2.09. The molecule has 1 aromatic rings. The summed E-state index contributed by atoms with van der Waals surface area (Å²) in [5.41, 5.74) is 6.24. The third kappa shape index (κ3) is 2.27. The largest absolute Gasteiger partial charge is 0.324 e. The molecule has 74 valence electrons. The van der Waals surface area contributed by atoms with Gasteiger partial charge >= 0.3 is 0 Å². The number of nitrogens with two attached hydrogens (primary N) is 1. The van der Waals surface area contributed by atoms with E-state index in [-0.39, 0.29) is 11.7 Å². The topological polar surface area (TPSA) is 62.7 Å². The van der Waals surface area contributed by atoms with Crippen LogP contribution in [0.25, 0.3) is 0 Å². The molecule has 0 saturated heterocycles. The highest BCUT2D eigenvalue weighted by Crippen LogP contribution is 2.16. The van der Waals surface area contributed by atoms with Crippen molar-refractivity contribution in [3.8, 4) is 6.07 Å². The number of nitriles is 1. The molecule has 2 N–H and O–H groups in total. The molecule has 1 atom stereocenters. The van der Waals surface area contributed by atoms with E-state index < -0.39 is 5.82 Å². The van der Waals surface area contributed by atoms with Crippen LogP contribution in [0.2, 0.25) is 0 Å². The second kappa shape index (κ2) is 4.68. The van der Waals surface area contributed by atoms with E-state index in [1.54, 1.807) is 6.07 Å². The summed E-state index contributed by atoms with van der Waals surface area (Å²) in [7, 11) is 0. The number of pyridine rings is 1. The van der Waals surface area contributed by atoms with Crippen LogP contribution >= 0.6 is 0 Å². The van der Waals surface area contributed by atoms with Crippen molar-refractivity contribution in [1.82, 2.24) is 4.98 Å². The maximum atomic E-state index is 13.1. The molecule has 0 amide bonds. The molecule has 0 spiro atoms. The summed E-state index contributed by atoms with van der Waals surface area (Å²) < 4.78 is 13.1. The molecule has 0 unspecified atom stereocenters. The first-order valence-electron chi connectivity index (χ1n) is 4.50. The van der Waals surface area contributed by atoms with Gasteiger partial charge < -0.3 is 5.73 Å². The Morgan fingerprint density at radius 3 is 2.93 bits per heavy atom. The fourth-order valence-electron chi connectivity index (χ4n) is 1.22. The number of aromatic nitrogens is 1. The smallest absolute Gasteiger partial charge is 0.176 e. The van der Waals surface area contributed by atoms with Crippen LogP contribution in [-0.4, -0.2) is 4.98 Å². The Bertz CT molecular complexity index is 357. The number of nitrogens with zero attached hydrogens (tertiary/aromatic N) is 2. The Morgan fingerprint density at radius 2 is 2.43 bits per heavy atom. The molecule has 0 aliphatic heterocycles. The second-order valence-corrected chi connectivity index (χ2v) is 3.11. The lowest BCUT2D eigenvalue weighted by molar-refractivity contribution is 0.594. The molecule has 0 aliphatic carbocycles. The van der Waals surface area contributed by atoms with E-state index in [1.165, 1.54) is 12.3 Å². The third-order valence-corrected chi connectivity index (χ3v) is 2.00. The molecule has 4 heteroatoms. The summed E-state index contributed by atoms with van der Waals surface area (Å²) >= 11 is 0. The van der Waals surface area contributed by atoms with Gasteiger partial charge in [0.25, 0.3) is 0 Å². The molecule has 0 radical (unpaired) electrons.